The fraction of sp³-hybridized carbons (Fsp3) is 0.909. The maximum atomic E-state index is 11.5. The van der Waals surface area contributed by atoms with Gasteiger partial charge >= 0.3 is 0 Å². The molecule has 0 radical (unpaired) electrons. The first-order valence-corrected chi connectivity index (χ1v) is 6.15. The van der Waals surface area contributed by atoms with Crippen molar-refractivity contribution in [1.82, 2.24) is 20.4 Å². The lowest BCUT2D eigenvalue weighted by Crippen LogP contribution is -2.52. The van der Waals surface area contributed by atoms with Gasteiger partial charge in [0.2, 0.25) is 5.91 Å². The second-order valence-electron chi connectivity index (χ2n) is 4.79. The average molecular weight is 226 g/mol. The number of nitrogens with zero attached hydrogens (tertiary/aromatic N) is 2. The van der Waals surface area contributed by atoms with Crippen LogP contribution in [0.2, 0.25) is 0 Å². The number of hydrogen-bond donors (Lipinski definition) is 2. The van der Waals surface area contributed by atoms with Gasteiger partial charge in [0.05, 0.1) is 5.92 Å². The molecule has 16 heavy (non-hydrogen) atoms. The van der Waals surface area contributed by atoms with Gasteiger partial charge in [0.25, 0.3) is 0 Å². The minimum atomic E-state index is 0.215. The lowest BCUT2D eigenvalue weighted by molar-refractivity contribution is -0.126. The first-order valence-electron chi connectivity index (χ1n) is 6.15. The summed E-state index contributed by atoms with van der Waals surface area (Å²) in [6, 6.07) is 0. The lowest BCUT2D eigenvalue weighted by atomic mass is 10.0. The minimum Gasteiger partial charge on any atom is -0.354 e. The molecule has 0 bridgehead atoms. The molecule has 0 unspecified atom stereocenters. The van der Waals surface area contributed by atoms with Gasteiger partial charge in [0.15, 0.2) is 0 Å². The number of likely N-dealkylation sites (N-methyl/N-ethyl adjacent to an activating group) is 1. The maximum Gasteiger partial charge on any atom is 0.225 e. The zero-order valence-electron chi connectivity index (χ0n) is 10.0. The number of amides is 1. The molecule has 5 nitrogen and oxygen atoms in total. The van der Waals surface area contributed by atoms with E-state index in [0.29, 0.717) is 0 Å². The molecule has 1 amide bonds. The summed E-state index contributed by atoms with van der Waals surface area (Å²) in [7, 11) is 2.16. The summed E-state index contributed by atoms with van der Waals surface area (Å²) in [4.78, 5) is 16.3. The Hall–Kier alpha value is -0.650. The van der Waals surface area contributed by atoms with Crippen molar-refractivity contribution in [3.05, 3.63) is 0 Å². The molecule has 2 heterocycles. The topological polar surface area (TPSA) is 47.6 Å². The Bertz CT molecular complexity index is 234. The second kappa shape index (κ2) is 5.61. The Balaban J connectivity index is 1.55. The highest BCUT2D eigenvalue weighted by Crippen LogP contribution is 2.02. The number of piperazine rings is 1. The monoisotopic (exact) mass is 226 g/mol. The van der Waals surface area contributed by atoms with Crippen LogP contribution in [-0.2, 0) is 4.79 Å². The van der Waals surface area contributed by atoms with E-state index in [2.05, 4.69) is 27.5 Å². The predicted molar refractivity (Wildman–Crippen MR) is 63.3 cm³/mol. The van der Waals surface area contributed by atoms with Crippen molar-refractivity contribution >= 4 is 5.91 Å². The number of nitrogens with one attached hydrogen (secondary N) is 2. The predicted octanol–water partition coefficient (Wildman–Crippen LogP) is -1.43. The fourth-order valence-electron chi connectivity index (χ4n) is 2.03. The Kier molecular flexibility index (Phi) is 4.15. The SMILES string of the molecule is CN1CCN(CCNC(=O)C2CNC2)CC1. The molecule has 2 fully saturated rings. The van der Waals surface area contributed by atoms with Crippen molar-refractivity contribution in [3.63, 3.8) is 0 Å². The van der Waals surface area contributed by atoms with Gasteiger partial charge in [0, 0.05) is 52.4 Å². The highest BCUT2D eigenvalue weighted by Gasteiger charge is 2.24. The molecule has 2 saturated heterocycles. The lowest BCUT2D eigenvalue weighted by Gasteiger charge is -2.32. The Morgan fingerprint density at radius 3 is 2.56 bits per heavy atom. The molecule has 5 heteroatoms. The second-order valence-corrected chi connectivity index (χ2v) is 4.79. The van der Waals surface area contributed by atoms with Gasteiger partial charge in [-0.05, 0) is 7.05 Å². The quantitative estimate of drug-likeness (QED) is 0.617. The van der Waals surface area contributed by atoms with Gasteiger partial charge in [-0.2, -0.15) is 0 Å². The summed E-state index contributed by atoms with van der Waals surface area (Å²) in [5.74, 6) is 0.431. The zero-order valence-corrected chi connectivity index (χ0v) is 10.0. The smallest absolute Gasteiger partial charge is 0.225 e. The molecule has 92 valence electrons. The average Bonchev–Trinajstić information content (AvgIpc) is 2.18. The summed E-state index contributed by atoms with van der Waals surface area (Å²) >= 11 is 0. The van der Waals surface area contributed by atoms with Crippen molar-refractivity contribution in [1.29, 1.82) is 0 Å². The van der Waals surface area contributed by atoms with Gasteiger partial charge in [-0.25, -0.2) is 0 Å². The van der Waals surface area contributed by atoms with Crippen LogP contribution in [0.25, 0.3) is 0 Å². The molecular weight excluding hydrogens is 204 g/mol. The van der Waals surface area contributed by atoms with E-state index in [0.717, 1.165) is 52.4 Å². The van der Waals surface area contributed by atoms with Crippen LogP contribution in [0.3, 0.4) is 0 Å². The van der Waals surface area contributed by atoms with Crippen LogP contribution in [0.15, 0.2) is 0 Å². The molecule has 0 aliphatic carbocycles. The third-order valence-electron chi connectivity index (χ3n) is 3.48. The first kappa shape index (κ1) is 11.8. The maximum absolute atomic E-state index is 11.5. The molecule has 0 spiro atoms. The Morgan fingerprint density at radius 1 is 1.31 bits per heavy atom. The summed E-state index contributed by atoms with van der Waals surface area (Å²) in [6.07, 6.45) is 0. The largest absolute Gasteiger partial charge is 0.354 e. The summed E-state index contributed by atoms with van der Waals surface area (Å²) in [5.41, 5.74) is 0. The summed E-state index contributed by atoms with van der Waals surface area (Å²) in [5, 5.41) is 6.12. The van der Waals surface area contributed by atoms with E-state index in [4.69, 9.17) is 0 Å². The van der Waals surface area contributed by atoms with Crippen LogP contribution in [0, 0.1) is 5.92 Å². The number of hydrogen-bond acceptors (Lipinski definition) is 4. The van der Waals surface area contributed by atoms with Crippen LogP contribution in [0.1, 0.15) is 0 Å². The highest BCUT2D eigenvalue weighted by molar-refractivity contribution is 5.79. The van der Waals surface area contributed by atoms with E-state index in [-0.39, 0.29) is 11.8 Å². The Labute approximate surface area is 97.2 Å². The molecule has 2 rings (SSSR count). The van der Waals surface area contributed by atoms with Crippen LogP contribution < -0.4 is 10.6 Å². The summed E-state index contributed by atoms with van der Waals surface area (Å²) < 4.78 is 0. The molecule has 0 saturated carbocycles. The zero-order chi connectivity index (χ0) is 11.4. The molecule has 0 atom stereocenters. The summed E-state index contributed by atoms with van der Waals surface area (Å²) in [6.45, 7) is 8.00. The van der Waals surface area contributed by atoms with Crippen molar-refractivity contribution in [2.75, 3.05) is 59.4 Å². The standard InChI is InChI=1S/C11H22N4O/c1-14-4-6-15(7-5-14)3-2-13-11(16)10-8-12-9-10/h10,12H,2-9H2,1H3,(H,13,16). The number of carbonyl (C=O) groups is 1. The van der Waals surface area contributed by atoms with Crippen LogP contribution in [0.4, 0.5) is 0 Å². The van der Waals surface area contributed by atoms with Crippen molar-refractivity contribution in [3.8, 4) is 0 Å². The van der Waals surface area contributed by atoms with Gasteiger partial charge in [-0.1, -0.05) is 0 Å². The molecular formula is C11H22N4O. The van der Waals surface area contributed by atoms with Gasteiger partial charge < -0.3 is 15.5 Å². The van der Waals surface area contributed by atoms with E-state index in [1.165, 1.54) is 0 Å². The van der Waals surface area contributed by atoms with E-state index in [9.17, 15) is 4.79 Å². The van der Waals surface area contributed by atoms with Gasteiger partial charge in [-0.3, -0.25) is 9.69 Å². The third-order valence-corrected chi connectivity index (χ3v) is 3.48. The van der Waals surface area contributed by atoms with Crippen LogP contribution in [-0.4, -0.2) is 75.1 Å². The third kappa shape index (κ3) is 3.17. The first-order chi connectivity index (χ1) is 7.75. The Morgan fingerprint density at radius 2 is 2.00 bits per heavy atom. The number of carbonyl (C=O) groups excluding carboxylic acids is 1. The van der Waals surface area contributed by atoms with Gasteiger partial charge in [-0.15, -0.1) is 0 Å². The van der Waals surface area contributed by atoms with Crippen molar-refractivity contribution in [2.24, 2.45) is 5.92 Å². The van der Waals surface area contributed by atoms with E-state index in [1.54, 1.807) is 0 Å². The molecule has 0 aromatic carbocycles. The van der Waals surface area contributed by atoms with E-state index < -0.39 is 0 Å². The van der Waals surface area contributed by atoms with Crippen LogP contribution >= 0.6 is 0 Å². The number of rotatable bonds is 4. The van der Waals surface area contributed by atoms with E-state index in [1.807, 2.05) is 0 Å². The van der Waals surface area contributed by atoms with Crippen LogP contribution in [0.5, 0.6) is 0 Å². The van der Waals surface area contributed by atoms with Crippen molar-refractivity contribution in [2.45, 2.75) is 0 Å². The molecule has 2 N–H and O–H groups in total. The van der Waals surface area contributed by atoms with Crippen molar-refractivity contribution < 1.29 is 4.79 Å². The van der Waals surface area contributed by atoms with E-state index >= 15 is 0 Å². The van der Waals surface area contributed by atoms with Gasteiger partial charge in [0.1, 0.15) is 0 Å². The minimum absolute atomic E-state index is 0.215. The highest BCUT2D eigenvalue weighted by atomic mass is 16.2. The molecule has 0 aromatic rings. The molecule has 2 aliphatic rings. The molecule has 0 aromatic heterocycles. The molecule has 2 aliphatic heterocycles. The fourth-order valence-corrected chi connectivity index (χ4v) is 2.03. The normalized spacial score (nSPS) is 24.1.